The lowest BCUT2D eigenvalue weighted by atomic mass is 9.88. The second-order valence-electron chi connectivity index (χ2n) is 4.66. The van der Waals surface area contributed by atoms with E-state index in [0.29, 0.717) is 5.54 Å². The Labute approximate surface area is 76.1 Å². The predicted molar refractivity (Wildman–Crippen MR) is 52.3 cm³/mol. The smallest absolute Gasteiger partial charge is 0.0207 e. The van der Waals surface area contributed by atoms with Crippen LogP contribution in [0.2, 0.25) is 0 Å². The van der Waals surface area contributed by atoms with Gasteiger partial charge in [-0.1, -0.05) is 25.7 Å². The standard InChI is InChI=1S/C11H21N/c1-12-10-6-9-11(12)7-4-2-3-5-8-11/h2-10H2,1H3. The second-order valence-corrected chi connectivity index (χ2v) is 4.66. The van der Waals surface area contributed by atoms with Crippen molar-refractivity contribution in [3.8, 4) is 0 Å². The highest BCUT2D eigenvalue weighted by Crippen LogP contribution is 2.39. The Morgan fingerprint density at radius 3 is 1.92 bits per heavy atom. The highest BCUT2D eigenvalue weighted by atomic mass is 15.2. The largest absolute Gasteiger partial charge is 0.301 e. The molecule has 70 valence electrons. The maximum atomic E-state index is 2.64. The van der Waals surface area contributed by atoms with Crippen LogP contribution in [0.25, 0.3) is 0 Å². The van der Waals surface area contributed by atoms with Crippen molar-refractivity contribution in [3.05, 3.63) is 0 Å². The molecule has 1 aliphatic carbocycles. The zero-order valence-corrected chi connectivity index (χ0v) is 8.31. The van der Waals surface area contributed by atoms with Gasteiger partial charge in [-0.2, -0.15) is 0 Å². The fourth-order valence-corrected chi connectivity index (χ4v) is 3.09. The van der Waals surface area contributed by atoms with Gasteiger partial charge in [-0.15, -0.1) is 0 Å². The van der Waals surface area contributed by atoms with Gasteiger partial charge in [-0.05, 0) is 39.3 Å². The molecule has 0 aromatic rings. The molecule has 1 nitrogen and oxygen atoms in total. The fraction of sp³-hybridized carbons (Fsp3) is 1.00. The van der Waals surface area contributed by atoms with Gasteiger partial charge in [0.1, 0.15) is 0 Å². The van der Waals surface area contributed by atoms with E-state index in [1.807, 2.05) is 0 Å². The molecule has 1 spiro atoms. The van der Waals surface area contributed by atoms with Crippen LogP contribution in [-0.2, 0) is 0 Å². The summed E-state index contributed by atoms with van der Waals surface area (Å²) in [6.07, 6.45) is 11.8. The van der Waals surface area contributed by atoms with E-state index in [0.717, 1.165) is 0 Å². The predicted octanol–water partition coefficient (Wildman–Crippen LogP) is 2.81. The molecule has 12 heavy (non-hydrogen) atoms. The summed E-state index contributed by atoms with van der Waals surface area (Å²) in [5.74, 6) is 0. The molecule has 2 fully saturated rings. The van der Waals surface area contributed by atoms with Crippen LogP contribution in [0.5, 0.6) is 0 Å². The normalized spacial score (nSPS) is 30.8. The summed E-state index contributed by atoms with van der Waals surface area (Å²) < 4.78 is 0. The van der Waals surface area contributed by atoms with Crippen molar-refractivity contribution in [1.29, 1.82) is 0 Å². The summed E-state index contributed by atoms with van der Waals surface area (Å²) in [5.41, 5.74) is 0.649. The van der Waals surface area contributed by atoms with Gasteiger partial charge in [0.2, 0.25) is 0 Å². The SMILES string of the molecule is CN1CCCC12CCCCCC2. The third-order valence-electron chi connectivity index (χ3n) is 3.98. The quantitative estimate of drug-likeness (QED) is 0.536. The minimum absolute atomic E-state index is 0.649. The lowest BCUT2D eigenvalue weighted by Crippen LogP contribution is -2.40. The average molecular weight is 167 g/mol. The minimum Gasteiger partial charge on any atom is -0.301 e. The first-order chi connectivity index (χ1) is 5.83. The third kappa shape index (κ3) is 1.39. The average Bonchev–Trinajstić information content (AvgIpc) is 2.33. The van der Waals surface area contributed by atoms with Crippen molar-refractivity contribution in [2.24, 2.45) is 0 Å². The maximum Gasteiger partial charge on any atom is 0.0207 e. The summed E-state index contributed by atoms with van der Waals surface area (Å²) in [4.78, 5) is 2.64. The second kappa shape index (κ2) is 3.37. The van der Waals surface area contributed by atoms with Crippen LogP contribution < -0.4 is 0 Å². The van der Waals surface area contributed by atoms with E-state index in [-0.39, 0.29) is 0 Å². The summed E-state index contributed by atoms with van der Waals surface area (Å²) in [6, 6.07) is 0. The molecule has 0 aromatic heterocycles. The summed E-state index contributed by atoms with van der Waals surface area (Å²) in [6.45, 7) is 1.35. The molecule has 1 saturated heterocycles. The van der Waals surface area contributed by atoms with Crippen molar-refractivity contribution in [1.82, 2.24) is 4.90 Å². The molecule has 1 heterocycles. The number of hydrogen-bond acceptors (Lipinski definition) is 1. The van der Waals surface area contributed by atoms with Crippen molar-refractivity contribution < 1.29 is 0 Å². The van der Waals surface area contributed by atoms with Crippen LogP contribution in [-0.4, -0.2) is 24.0 Å². The first kappa shape index (κ1) is 8.55. The van der Waals surface area contributed by atoms with Crippen LogP contribution in [0.4, 0.5) is 0 Å². The van der Waals surface area contributed by atoms with Gasteiger partial charge >= 0.3 is 0 Å². The van der Waals surface area contributed by atoms with Gasteiger partial charge in [0.15, 0.2) is 0 Å². The van der Waals surface area contributed by atoms with E-state index in [2.05, 4.69) is 11.9 Å². The van der Waals surface area contributed by atoms with Crippen LogP contribution in [0.3, 0.4) is 0 Å². The van der Waals surface area contributed by atoms with Crippen molar-refractivity contribution in [3.63, 3.8) is 0 Å². The van der Waals surface area contributed by atoms with Gasteiger partial charge in [-0.3, -0.25) is 0 Å². The molecule has 0 aromatic carbocycles. The Hall–Kier alpha value is -0.0400. The summed E-state index contributed by atoms with van der Waals surface area (Å²) >= 11 is 0. The van der Waals surface area contributed by atoms with Crippen molar-refractivity contribution in [2.75, 3.05) is 13.6 Å². The first-order valence-electron chi connectivity index (χ1n) is 5.55. The van der Waals surface area contributed by atoms with Gasteiger partial charge in [0, 0.05) is 5.54 Å². The van der Waals surface area contributed by atoms with E-state index in [1.54, 1.807) is 0 Å². The molecule has 0 atom stereocenters. The highest BCUT2D eigenvalue weighted by Gasteiger charge is 2.37. The van der Waals surface area contributed by atoms with E-state index in [4.69, 9.17) is 0 Å². The number of rotatable bonds is 0. The zero-order chi connectivity index (χ0) is 8.44. The van der Waals surface area contributed by atoms with Gasteiger partial charge < -0.3 is 4.90 Å². The number of hydrogen-bond donors (Lipinski definition) is 0. The molecule has 0 bridgehead atoms. The molecular formula is C11H21N. The maximum absolute atomic E-state index is 2.64. The highest BCUT2D eigenvalue weighted by molar-refractivity contribution is 4.94. The molecule has 0 N–H and O–H groups in total. The fourth-order valence-electron chi connectivity index (χ4n) is 3.09. The zero-order valence-electron chi connectivity index (χ0n) is 8.31. The Morgan fingerprint density at radius 1 is 0.833 bits per heavy atom. The molecule has 1 aliphatic heterocycles. The third-order valence-corrected chi connectivity index (χ3v) is 3.98. The first-order valence-corrected chi connectivity index (χ1v) is 5.55. The van der Waals surface area contributed by atoms with Crippen LogP contribution in [0, 0.1) is 0 Å². The molecule has 1 heteroatoms. The molecular weight excluding hydrogens is 146 g/mol. The van der Waals surface area contributed by atoms with Crippen molar-refractivity contribution in [2.45, 2.75) is 56.9 Å². The molecule has 1 saturated carbocycles. The minimum atomic E-state index is 0.649. The molecule has 0 amide bonds. The van der Waals surface area contributed by atoms with Crippen molar-refractivity contribution >= 4 is 0 Å². The summed E-state index contributed by atoms with van der Waals surface area (Å²) in [7, 11) is 2.33. The Balaban J connectivity index is 2.05. The molecule has 0 radical (unpaired) electrons. The Bertz CT molecular complexity index is 145. The molecule has 2 aliphatic rings. The Kier molecular flexibility index (Phi) is 2.40. The number of likely N-dealkylation sites (tertiary alicyclic amines) is 1. The lowest BCUT2D eigenvalue weighted by molar-refractivity contribution is 0.151. The monoisotopic (exact) mass is 167 g/mol. The van der Waals surface area contributed by atoms with Gasteiger partial charge in [-0.25, -0.2) is 0 Å². The summed E-state index contributed by atoms with van der Waals surface area (Å²) in [5, 5.41) is 0. The molecule has 0 unspecified atom stereocenters. The van der Waals surface area contributed by atoms with Crippen LogP contribution in [0.1, 0.15) is 51.4 Å². The Morgan fingerprint density at radius 2 is 1.42 bits per heavy atom. The number of nitrogens with zero attached hydrogens (tertiary/aromatic N) is 1. The van der Waals surface area contributed by atoms with E-state index < -0.39 is 0 Å². The van der Waals surface area contributed by atoms with E-state index in [1.165, 1.54) is 57.9 Å². The lowest BCUT2D eigenvalue weighted by Gasteiger charge is -2.35. The topological polar surface area (TPSA) is 3.24 Å². The van der Waals surface area contributed by atoms with E-state index in [9.17, 15) is 0 Å². The van der Waals surface area contributed by atoms with Gasteiger partial charge in [0.25, 0.3) is 0 Å². The van der Waals surface area contributed by atoms with E-state index >= 15 is 0 Å². The van der Waals surface area contributed by atoms with Crippen LogP contribution >= 0.6 is 0 Å². The van der Waals surface area contributed by atoms with Gasteiger partial charge in [0.05, 0.1) is 0 Å². The molecule has 2 rings (SSSR count). The van der Waals surface area contributed by atoms with Crippen LogP contribution in [0.15, 0.2) is 0 Å².